The van der Waals surface area contributed by atoms with Gasteiger partial charge in [0.2, 0.25) is 10.0 Å². The number of benzene rings is 1. The van der Waals surface area contributed by atoms with Crippen LogP contribution in [0.3, 0.4) is 0 Å². The number of hydrogen-bond acceptors (Lipinski definition) is 6. The molecule has 3 heterocycles. The third kappa shape index (κ3) is 5.68. The van der Waals surface area contributed by atoms with E-state index >= 15 is 0 Å². The molecule has 1 aromatic carbocycles. The average Bonchev–Trinajstić information content (AvgIpc) is 3.22. The lowest BCUT2D eigenvalue weighted by Gasteiger charge is -2.31. The first kappa shape index (κ1) is 21.5. The lowest BCUT2D eigenvalue weighted by molar-refractivity contribution is 0.202. The first-order chi connectivity index (χ1) is 14.9. The Morgan fingerprint density at radius 1 is 1.16 bits per heavy atom. The summed E-state index contributed by atoms with van der Waals surface area (Å²) in [6, 6.07) is 13.7. The molecule has 0 saturated carbocycles. The number of aromatic nitrogens is 4. The Balaban J connectivity index is 1.33. The highest BCUT2D eigenvalue weighted by atomic mass is 32.2. The zero-order valence-electron chi connectivity index (χ0n) is 17.8. The molecule has 164 valence electrons. The van der Waals surface area contributed by atoms with Crippen molar-refractivity contribution >= 4 is 15.7 Å². The summed E-state index contributed by atoms with van der Waals surface area (Å²) in [6.45, 7) is 4.78. The Morgan fingerprint density at radius 2 is 1.97 bits per heavy atom. The van der Waals surface area contributed by atoms with E-state index in [4.69, 9.17) is 0 Å². The minimum absolute atomic E-state index is 0.0426. The fourth-order valence-corrected chi connectivity index (χ4v) is 4.61. The number of piperidine rings is 1. The zero-order chi connectivity index (χ0) is 21.8. The van der Waals surface area contributed by atoms with Crippen LogP contribution in [-0.4, -0.2) is 52.6 Å². The van der Waals surface area contributed by atoms with Gasteiger partial charge in [0.1, 0.15) is 0 Å². The molecule has 0 aliphatic carbocycles. The second kappa shape index (κ2) is 9.15. The Labute approximate surface area is 183 Å². The summed E-state index contributed by atoms with van der Waals surface area (Å²) in [5.74, 6) is 0.428. The summed E-state index contributed by atoms with van der Waals surface area (Å²) >= 11 is 0. The molecule has 2 aromatic heterocycles. The van der Waals surface area contributed by atoms with E-state index in [-0.39, 0.29) is 6.04 Å². The minimum atomic E-state index is -3.27. The van der Waals surface area contributed by atoms with Gasteiger partial charge in [0.25, 0.3) is 0 Å². The highest BCUT2D eigenvalue weighted by Gasteiger charge is 2.22. The highest BCUT2D eigenvalue weighted by molar-refractivity contribution is 7.92. The lowest BCUT2D eigenvalue weighted by Crippen LogP contribution is -2.32. The fourth-order valence-electron chi connectivity index (χ4n) is 4.06. The van der Waals surface area contributed by atoms with Crippen molar-refractivity contribution in [2.24, 2.45) is 0 Å². The molecule has 0 radical (unpaired) electrons. The summed E-state index contributed by atoms with van der Waals surface area (Å²) in [5.41, 5.74) is 3.73. The van der Waals surface area contributed by atoms with Crippen LogP contribution in [-0.2, 0) is 16.6 Å². The van der Waals surface area contributed by atoms with Crippen molar-refractivity contribution in [3.63, 3.8) is 0 Å². The van der Waals surface area contributed by atoms with Gasteiger partial charge in [0.15, 0.2) is 0 Å². The Kier molecular flexibility index (Phi) is 6.33. The van der Waals surface area contributed by atoms with Gasteiger partial charge in [-0.15, -0.1) is 5.10 Å². The topological polar surface area (TPSA) is 93.0 Å². The lowest BCUT2D eigenvalue weighted by atomic mass is 9.89. The molecule has 1 saturated heterocycles. The molecule has 4 rings (SSSR count). The molecule has 9 heteroatoms. The third-order valence-corrected chi connectivity index (χ3v) is 6.31. The summed E-state index contributed by atoms with van der Waals surface area (Å²) in [7, 11) is -3.27. The monoisotopic (exact) mass is 440 g/mol. The molecule has 1 aliphatic heterocycles. The maximum Gasteiger partial charge on any atom is 0.229 e. The first-order valence-electron chi connectivity index (χ1n) is 10.5. The molecular formula is C22H28N6O2S. The average molecular weight is 441 g/mol. The Bertz CT molecular complexity index is 1110. The summed E-state index contributed by atoms with van der Waals surface area (Å²) in [5, 5.41) is 8.66. The molecule has 8 nitrogen and oxygen atoms in total. The van der Waals surface area contributed by atoms with E-state index in [1.165, 1.54) is 11.8 Å². The number of hydrogen-bond donors (Lipinski definition) is 1. The first-order valence-corrected chi connectivity index (χ1v) is 12.4. The van der Waals surface area contributed by atoms with Gasteiger partial charge in [-0.2, -0.15) is 0 Å². The van der Waals surface area contributed by atoms with Gasteiger partial charge in [-0.1, -0.05) is 23.4 Å². The van der Waals surface area contributed by atoms with Crippen LogP contribution in [0.5, 0.6) is 0 Å². The van der Waals surface area contributed by atoms with Crippen LogP contribution < -0.4 is 4.72 Å². The van der Waals surface area contributed by atoms with Gasteiger partial charge in [-0.05, 0) is 68.6 Å². The molecule has 1 N–H and O–H groups in total. The molecule has 0 spiro atoms. The van der Waals surface area contributed by atoms with Crippen LogP contribution in [0, 0.1) is 0 Å². The zero-order valence-corrected chi connectivity index (χ0v) is 18.7. The van der Waals surface area contributed by atoms with Crippen LogP contribution in [0.4, 0.5) is 5.69 Å². The van der Waals surface area contributed by atoms with Crippen LogP contribution in [0.2, 0.25) is 0 Å². The van der Waals surface area contributed by atoms with Crippen LogP contribution in [0.25, 0.3) is 0 Å². The SMILES string of the molecule is CC(c1ccccn1)n1cc(CN2CCC(c3cccc(NS(C)(=O)=O)c3)CC2)nn1. The predicted octanol–water partition coefficient (Wildman–Crippen LogP) is 3.03. The van der Waals surface area contributed by atoms with Crippen LogP contribution in [0.1, 0.15) is 48.7 Å². The van der Waals surface area contributed by atoms with E-state index in [9.17, 15) is 8.42 Å². The van der Waals surface area contributed by atoms with Crippen molar-refractivity contribution in [2.45, 2.75) is 38.3 Å². The van der Waals surface area contributed by atoms with E-state index in [1.807, 2.05) is 41.2 Å². The standard InChI is InChI=1S/C22H28N6O2S/c1-17(22-8-3-4-11-23-22)28-16-21(24-26-28)15-27-12-9-18(10-13-27)19-6-5-7-20(14-19)25-31(2,29)30/h3-8,11,14,16-18,25H,9-10,12-13,15H2,1-2H3. The molecule has 0 amide bonds. The van der Waals surface area contributed by atoms with Gasteiger partial charge in [0.05, 0.1) is 29.9 Å². The van der Waals surface area contributed by atoms with Gasteiger partial charge >= 0.3 is 0 Å². The van der Waals surface area contributed by atoms with Crippen LogP contribution in [0.15, 0.2) is 54.9 Å². The van der Waals surface area contributed by atoms with Crippen LogP contribution >= 0.6 is 0 Å². The van der Waals surface area contributed by atoms with Crippen molar-refractivity contribution in [1.29, 1.82) is 0 Å². The van der Waals surface area contributed by atoms with Crippen molar-refractivity contribution < 1.29 is 8.42 Å². The van der Waals surface area contributed by atoms with Gasteiger partial charge < -0.3 is 0 Å². The summed E-state index contributed by atoms with van der Waals surface area (Å²) in [4.78, 5) is 6.80. The van der Waals surface area contributed by atoms with Gasteiger partial charge in [0, 0.05) is 18.4 Å². The van der Waals surface area contributed by atoms with Gasteiger partial charge in [-0.25, -0.2) is 13.1 Å². The van der Waals surface area contributed by atoms with E-state index in [0.29, 0.717) is 11.6 Å². The number of sulfonamides is 1. The number of pyridine rings is 1. The van der Waals surface area contributed by atoms with Crippen molar-refractivity contribution in [3.8, 4) is 0 Å². The second-order valence-corrected chi connectivity index (χ2v) is 9.92. The second-order valence-electron chi connectivity index (χ2n) is 8.17. The number of nitrogens with one attached hydrogen (secondary N) is 1. The molecule has 1 fully saturated rings. The highest BCUT2D eigenvalue weighted by Crippen LogP contribution is 2.30. The predicted molar refractivity (Wildman–Crippen MR) is 120 cm³/mol. The summed E-state index contributed by atoms with van der Waals surface area (Å²) < 4.78 is 27.4. The van der Waals surface area contributed by atoms with Crippen molar-refractivity contribution in [1.82, 2.24) is 24.9 Å². The van der Waals surface area contributed by atoms with E-state index in [2.05, 4.69) is 37.9 Å². The molecule has 1 unspecified atom stereocenters. The molecule has 0 bridgehead atoms. The fraction of sp³-hybridized carbons (Fsp3) is 0.409. The van der Waals surface area contributed by atoms with E-state index < -0.39 is 10.0 Å². The molecular weight excluding hydrogens is 412 g/mol. The normalized spacial score (nSPS) is 16.8. The van der Waals surface area contributed by atoms with E-state index in [1.54, 1.807) is 12.3 Å². The molecule has 1 atom stereocenters. The van der Waals surface area contributed by atoms with Crippen molar-refractivity contribution in [3.05, 3.63) is 71.8 Å². The smallest absolute Gasteiger partial charge is 0.229 e. The molecule has 31 heavy (non-hydrogen) atoms. The number of anilines is 1. The third-order valence-electron chi connectivity index (χ3n) is 5.70. The number of rotatable bonds is 7. The molecule has 1 aliphatic rings. The molecule has 3 aromatic rings. The maximum absolute atomic E-state index is 11.5. The summed E-state index contributed by atoms with van der Waals surface area (Å²) in [6.07, 6.45) is 7.03. The number of likely N-dealkylation sites (tertiary alicyclic amines) is 1. The Hall–Kier alpha value is -2.78. The largest absolute Gasteiger partial charge is 0.297 e. The maximum atomic E-state index is 11.5. The number of nitrogens with zero attached hydrogens (tertiary/aromatic N) is 5. The minimum Gasteiger partial charge on any atom is -0.297 e. The van der Waals surface area contributed by atoms with E-state index in [0.717, 1.165) is 43.9 Å². The van der Waals surface area contributed by atoms with Gasteiger partial charge in [-0.3, -0.25) is 14.6 Å². The Morgan fingerprint density at radius 3 is 2.68 bits per heavy atom. The quantitative estimate of drug-likeness (QED) is 0.607. The van der Waals surface area contributed by atoms with Crippen molar-refractivity contribution in [2.75, 3.05) is 24.1 Å².